The van der Waals surface area contributed by atoms with Crippen LogP contribution < -0.4 is 5.32 Å². The van der Waals surface area contributed by atoms with Gasteiger partial charge in [-0.15, -0.1) is 0 Å². The summed E-state index contributed by atoms with van der Waals surface area (Å²) in [6.45, 7) is 1.60. The van der Waals surface area contributed by atoms with Crippen molar-refractivity contribution in [1.29, 1.82) is 5.26 Å². The Kier molecular flexibility index (Phi) is 3.92. The fourth-order valence-corrected chi connectivity index (χ4v) is 9.08. The number of nitrogens with zero attached hydrogens (tertiary/aromatic N) is 3. The minimum Gasteiger partial charge on any atom is -0.326 e. The average molecular weight is 393 g/mol. The van der Waals surface area contributed by atoms with Crippen LogP contribution in [0.2, 0.25) is 0 Å². The number of carbonyl (C=O) groups is 1. The third-order valence-corrected chi connectivity index (χ3v) is 9.98. The Labute approximate surface area is 161 Å². The Morgan fingerprint density at radius 1 is 1.22 bits per heavy atom. The van der Waals surface area contributed by atoms with Crippen LogP contribution >= 0.6 is 0 Å². The van der Waals surface area contributed by atoms with Crippen LogP contribution in [-0.2, 0) is 14.8 Å². The van der Waals surface area contributed by atoms with Crippen LogP contribution in [0.3, 0.4) is 0 Å². The third-order valence-electron chi connectivity index (χ3n) is 7.93. The van der Waals surface area contributed by atoms with E-state index in [0.717, 1.165) is 51.4 Å². The van der Waals surface area contributed by atoms with Crippen molar-refractivity contribution in [2.75, 3.05) is 25.4 Å². The van der Waals surface area contributed by atoms with E-state index in [9.17, 15) is 18.5 Å². The van der Waals surface area contributed by atoms with Crippen LogP contribution in [0.1, 0.15) is 51.4 Å². The Morgan fingerprint density at radius 2 is 2.07 bits per heavy atom. The highest BCUT2D eigenvalue weighted by Gasteiger charge is 2.67. The van der Waals surface area contributed by atoms with Gasteiger partial charge >= 0.3 is 0 Å². The van der Waals surface area contributed by atoms with Gasteiger partial charge in [0.05, 0.1) is 18.4 Å². The lowest BCUT2D eigenvalue weighted by molar-refractivity contribution is -0.130. The number of rotatable bonds is 4. The molecule has 2 aliphatic heterocycles. The van der Waals surface area contributed by atoms with Gasteiger partial charge in [-0.3, -0.25) is 4.79 Å². The van der Waals surface area contributed by atoms with Gasteiger partial charge in [0, 0.05) is 24.2 Å². The number of nitrogens with one attached hydrogen (secondary N) is 1. The van der Waals surface area contributed by atoms with Gasteiger partial charge < -0.3 is 10.2 Å². The maximum Gasteiger partial charge on any atom is 0.237 e. The molecular formula is C19H28N4O3S. The summed E-state index contributed by atoms with van der Waals surface area (Å²) < 4.78 is 27.0. The predicted molar refractivity (Wildman–Crippen MR) is 99.0 cm³/mol. The number of nitriles is 1. The summed E-state index contributed by atoms with van der Waals surface area (Å²) in [4.78, 5) is 14.4. The van der Waals surface area contributed by atoms with E-state index in [2.05, 4.69) is 11.4 Å². The minimum atomic E-state index is -3.12. The normalized spacial score (nSPS) is 44.9. The molecule has 2 saturated heterocycles. The molecular weight excluding hydrogens is 364 g/mol. The van der Waals surface area contributed by atoms with Gasteiger partial charge in [-0.05, 0) is 63.2 Å². The van der Waals surface area contributed by atoms with Crippen LogP contribution in [0.15, 0.2) is 0 Å². The number of carbonyl (C=O) groups excluding carboxylic acids is 1. The van der Waals surface area contributed by atoms with Gasteiger partial charge in [-0.25, -0.2) is 8.42 Å². The summed E-state index contributed by atoms with van der Waals surface area (Å²) in [6, 6.07) is 1.95. The van der Waals surface area contributed by atoms with Crippen molar-refractivity contribution in [3.8, 4) is 6.07 Å². The van der Waals surface area contributed by atoms with E-state index in [1.807, 2.05) is 4.31 Å². The zero-order valence-corrected chi connectivity index (χ0v) is 16.5. The van der Waals surface area contributed by atoms with Crippen LogP contribution in [-0.4, -0.2) is 66.0 Å². The lowest BCUT2D eigenvalue weighted by atomic mass is 9.74. The second kappa shape index (κ2) is 5.91. The van der Waals surface area contributed by atoms with Gasteiger partial charge in [0.15, 0.2) is 0 Å². The molecule has 4 unspecified atom stereocenters. The van der Waals surface area contributed by atoms with Crippen LogP contribution in [0.5, 0.6) is 0 Å². The highest BCUT2D eigenvalue weighted by atomic mass is 32.2. The molecule has 7 nitrogen and oxygen atoms in total. The van der Waals surface area contributed by atoms with Gasteiger partial charge in [-0.1, -0.05) is 0 Å². The Hall–Kier alpha value is -1.17. The molecule has 0 spiro atoms. The quantitative estimate of drug-likeness (QED) is 0.765. The minimum absolute atomic E-state index is 0.0162. The van der Waals surface area contributed by atoms with Crippen LogP contribution in [0.25, 0.3) is 0 Å². The van der Waals surface area contributed by atoms with Crippen molar-refractivity contribution in [2.24, 2.45) is 11.8 Å². The molecule has 148 valence electrons. The first-order valence-electron chi connectivity index (χ1n) is 10.3. The molecule has 4 aliphatic carbocycles. The number of likely N-dealkylation sites (tertiary alicyclic amines) is 1. The molecule has 5 atom stereocenters. The molecule has 0 radical (unpaired) electrons. The molecule has 0 aromatic carbocycles. The molecule has 2 heterocycles. The van der Waals surface area contributed by atoms with Crippen molar-refractivity contribution in [1.82, 2.24) is 14.5 Å². The lowest BCUT2D eigenvalue weighted by Crippen LogP contribution is -2.56. The molecule has 4 bridgehead atoms. The zero-order valence-electron chi connectivity index (χ0n) is 15.7. The number of hydrogen-bond acceptors (Lipinski definition) is 5. The molecule has 27 heavy (non-hydrogen) atoms. The number of sulfonamides is 1. The van der Waals surface area contributed by atoms with Crippen molar-refractivity contribution in [2.45, 2.75) is 68.5 Å². The van der Waals surface area contributed by atoms with Gasteiger partial charge in [0.1, 0.15) is 6.04 Å². The van der Waals surface area contributed by atoms with E-state index in [-0.39, 0.29) is 35.3 Å². The topological polar surface area (TPSA) is 93.5 Å². The van der Waals surface area contributed by atoms with Gasteiger partial charge in [-0.2, -0.15) is 9.57 Å². The van der Waals surface area contributed by atoms with Crippen LogP contribution in [0.4, 0.5) is 0 Å². The summed E-state index contributed by atoms with van der Waals surface area (Å²) in [5.41, 5.74) is -0.321. The summed E-state index contributed by atoms with van der Waals surface area (Å²) in [5.74, 6) is 1.33. The van der Waals surface area contributed by atoms with Gasteiger partial charge in [0.25, 0.3) is 0 Å². The molecule has 1 amide bonds. The first-order valence-corrected chi connectivity index (χ1v) is 11.9. The van der Waals surface area contributed by atoms with E-state index >= 15 is 0 Å². The van der Waals surface area contributed by atoms with E-state index in [0.29, 0.717) is 24.9 Å². The molecule has 6 fully saturated rings. The predicted octanol–water partition coefficient (Wildman–Crippen LogP) is 0.827. The fraction of sp³-hybridized carbons (Fsp3) is 0.895. The smallest absolute Gasteiger partial charge is 0.237 e. The molecule has 0 aromatic heterocycles. The van der Waals surface area contributed by atoms with Crippen LogP contribution in [0, 0.1) is 23.2 Å². The standard InChI is InChI=1S/C19H28N4O3S/c20-11-16-3-1-4-22(16)17(24)12-21-19-9-14-7-15(19)10-18(8-14,13-19)23-5-2-6-27(23,25)26/h14-16,21H,1-10,12-13H2/t14?,15?,16-,18?,19?/m0/s1. The second-order valence-electron chi connectivity index (χ2n) is 9.44. The Morgan fingerprint density at radius 3 is 2.81 bits per heavy atom. The molecule has 8 heteroatoms. The highest BCUT2D eigenvalue weighted by molar-refractivity contribution is 7.89. The maximum absolute atomic E-state index is 12.7. The highest BCUT2D eigenvalue weighted by Crippen LogP contribution is 2.64. The molecule has 0 aromatic rings. The first kappa shape index (κ1) is 17.9. The molecule has 6 rings (SSSR count). The SMILES string of the molecule is N#C[C@@H]1CCCN1C(=O)CNC12CC3CC1CC(N1CCCS1(=O)=O)(C3)C2. The van der Waals surface area contributed by atoms with Crippen molar-refractivity contribution >= 4 is 15.9 Å². The largest absolute Gasteiger partial charge is 0.326 e. The Balaban J connectivity index is 1.32. The Bertz CT molecular complexity index is 808. The molecule has 4 saturated carbocycles. The summed E-state index contributed by atoms with van der Waals surface area (Å²) in [5, 5.41) is 12.8. The molecule has 1 N–H and O–H groups in total. The monoisotopic (exact) mass is 392 g/mol. The van der Waals surface area contributed by atoms with Crippen molar-refractivity contribution in [3.63, 3.8) is 0 Å². The first-order chi connectivity index (χ1) is 12.9. The second-order valence-corrected chi connectivity index (χ2v) is 11.5. The summed E-state index contributed by atoms with van der Waals surface area (Å²) >= 11 is 0. The summed E-state index contributed by atoms with van der Waals surface area (Å²) in [7, 11) is -3.12. The van der Waals surface area contributed by atoms with Gasteiger partial charge in [0.2, 0.25) is 15.9 Å². The fourth-order valence-electron chi connectivity index (χ4n) is 7.15. The summed E-state index contributed by atoms with van der Waals surface area (Å²) in [6.07, 6.45) is 7.39. The lowest BCUT2D eigenvalue weighted by Gasteiger charge is -2.46. The maximum atomic E-state index is 12.7. The van der Waals surface area contributed by atoms with Crippen molar-refractivity contribution < 1.29 is 13.2 Å². The van der Waals surface area contributed by atoms with E-state index < -0.39 is 10.0 Å². The number of amides is 1. The van der Waals surface area contributed by atoms with E-state index in [1.54, 1.807) is 4.90 Å². The zero-order chi connectivity index (χ0) is 18.9. The van der Waals surface area contributed by atoms with E-state index in [4.69, 9.17) is 0 Å². The van der Waals surface area contributed by atoms with Crippen molar-refractivity contribution in [3.05, 3.63) is 0 Å². The number of hydrogen-bond donors (Lipinski definition) is 1. The van der Waals surface area contributed by atoms with E-state index in [1.165, 1.54) is 0 Å². The third kappa shape index (κ3) is 2.58. The average Bonchev–Trinajstić information content (AvgIpc) is 3.33. The molecule has 6 aliphatic rings.